The number of thiophene rings is 1. The lowest BCUT2D eigenvalue weighted by molar-refractivity contribution is -0.142. The maximum atomic E-state index is 11.8. The first kappa shape index (κ1) is 15.8. The fourth-order valence-corrected chi connectivity index (χ4v) is 3.79. The minimum Gasteiger partial charge on any atom is -0.481 e. The van der Waals surface area contributed by atoms with Crippen LogP contribution in [-0.4, -0.2) is 23.7 Å². The van der Waals surface area contributed by atoms with Crippen molar-refractivity contribution in [2.75, 3.05) is 6.54 Å². The van der Waals surface area contributed by atoms with Crippen molar-refractivity contribution in [3.63, 3.8) is 0 Å². The third-order valence-electron chi connectivity index (χ3n) is 4.14. The third kappa shape index (κ3) is 4.20. The maximum Gasteiger partial charge on any atom is 0.315 e. The molecule has 5 nitrogen and oxygen atoms in total. The molecule has 1 heterocycles. The van der Waals surface area contributed by atoms with Gasteiger partial charge in [0.2, 0.25) is 0 Å². The highest BCUT2D eigenvalue weighted by Gasteiger charge is 2.32. The van der Waals surface area contributed by atoms with E-state index in [0.29, 0.717) is 13.1 Å². The van der Waals surface area contributed by atoms with Crippen LogP contribution in [0.4, 0.5) is 4.79 Å². The van der Waals surface area contributed by atoms with Crippen molar-refractivity contribution in [2.24, 2.45) is 11.8 Å². The van der Waals surface area contributed by atoms with Crippen LogP contribution >= 0.6 is 11.3 Å². The minimum absolute atomic E-state index is 0.0551. The van der Waals surface area contributed by atoms with E-state index >= 15 is 0 Å². The Morgan fingerprint density at radius 3 is 2.71 bits per heavy atom. The number of aliphatic carboxylic acids is 1. The lowest BCUT2D eigenvalue weighted by Gasteiger charge is -2.16. The van der Waals surface area contributed by atoms with Crippen molar-refractivity contribution in [3.05, 3.63) is 21.4 Å². The molecule has 0 aromatic carbocycles. The fourth-order valence-electron chi connectivity index (χ4n) is 2.80. The molecule has 6 heteroatoms. The average Bonchev–Trinajstić information content (AvgIpc) is 3.01. The summed E-state index contributed by atoms with van der Waals surface area (Å²) in [5.74, 6) is -1.00. The fraction of sp³-hybridized carbons (Fsp3) is 0.600. The van der Waals surface area contributed by atoms with E-state index in [4.69, 9.17) is 5.11 Å². The summed E-state index contributed by atoms with van der Waals surface area (Å²) in [4.78, 5) is 25.2. The van der Waals surface area contributed by atoms with Crippen LogP contribution in [0, 0.1) is 25.7 Å². The number of carbonyl (C=O) groups is 2. The summed E-state index contributed by atoms with van der Waals surface area (Å²) in [5.41, 5.74) is 1.24. The van der Waals surface area contributed by atoms with Crippen LogP contribution in [0.25, 0.3) is 0 Å². The van der Waals surface area contributed by atoms with E-state index in [-0.39, 0.29) is 17.9 Å². The molecule has 0 bridgehead atoms. The Bertz CT molecular complexity index is 507. The van der Waals surface area contributed by atoms with E-state index < -0.39 is 5.97 Å². The Morgan fingerprint density at radius 2 is 2.10 bits per heavy atom. The molecule has 0 radical (unpaired) electrons. The highest BCUT2D eigenvalue weighted by molar-refractivity contribution is 7.12. The molecule has 2 rings (SSSR count). The van der Waals surface area contributed by atoms with Crippen molar-refractivity contribution >= 4 is 23.3 Å². The van der Waals surface area contributed by atoms with Gasteiger partial charge in [-0.1, -0.05) is 6.42 Å². The molecule has 21 heavy (non-hydrogen) atoms. The molecular formula is C15H22N2O3S. The molecule has 1 aliphatic carbocycles. The van der Waals surface area contributed by atoms with Crippen molar-refractivity contribution in [1.29, 1.82) is 0 Å². The number of hydrogen-bond acceptors (Lipinski definition) is 3. The number of amides is 2. The molecule has 1 aromatic rings. The first-order chi connectivity index (χ1) is 9.97. The largest absolute Gasteiger partial charge is 0.481 e. The summed E-state index contributed by atoms with van der Waals surface area (Å²) in [5, 5.41) is 14.7. The summed E-state index contributed by atoms with van der Waals surface area (Å²) in [6.07, 6.45) is 2.52. The quantitative estimate of drug-likeness (QED) is 0.782. The molecule has 0 spiro atoms. The molecule has 116 valence electrons. The maximum absolute atomic E-state index is 11.8. The molecule has 1 aliphatic rings. The lowest BCUT2D eigenvalue weighted by Crippen LogP contribution is -2.39. The van der Waals surface area contributed by atoms with E-state index in [1.165, 1.54) is 10.4 Å². The number of aryl methyl sites for hydroxylation is 2. The van der Waals surface area contributed by atoms with Crippen LogP contribution < -0.4 is 10.6 Å². The standard InChI is InChI=1S/C15H22N2O3S/c1-9-6-12(21-10(9)2)8-17-15(20)16-7-11-4-3-5-13(11)14(18)19/h6,11,13H,3-5,7-8H2,1-2H3,(H,18,19)(H2,16,17,20). The second-order valence-electron chi connectivity index (χ2n) is 5.65. The van der Waals surface area contributed by atoms with E-state index in [9.17, 15) is 9.59 Å². The van der Waals surface area contributed by atoms with Crippen molar-refractivity contribution < 1.29 is 14.7 Å². The van der Waals surface area contributed by atoms with Crippen molar-refractivity contribution in [3.8, 4) is 0 Å². The monoisotopic (exact) mass is 310 g/mol. The number of rotatable bonds is 5. The number of nitrogens with one attached hydrogen (secondary N) is 2. The predicted octanol–water partition coefficient (Wildman–Crippen LogP) is 2.67. The summed E-state index contributed by atoms with van der Waals surface area (Å²) in [6, 6.07) is 1.85. The topological polar surface area (TPSA) is 78.4 Å². The van der Waals surface area contributed by atoms with Crippen LogP contribution in [0.2, 0.25) is 0 Å². The van der Waals surface area contributed by atoms with Crippen LogP contribution in [-0.2, 0) is 11.3 Å². The molecule has 2 unspecified atom stereocenters. The van der Waals surface area contributed by atoms with Gasteiger partial charge in [0.05, 0.1) is 12.5 Å². The Hall–Kier alpha value is -1.56. The SMILES string of the molecule is Cc1cc(CNC(=O)NCC2CCCC2C(=O)O)sc1C. The molecule has 1 fully saturated rings. The highest BCUT2D eigenvalue weighted by atomic mass is 32.1. The van der Waals surface area contributed by atoms with E-state index in [1.807, 2.05) is 0 Å². The second-order valence-corrected chi connectivity index (χ2v) is 6.99. The number of carboxylic acid groups (broad SMARTS) is 1. The average molecular weight is 310 g/mol. The smallest absolute Gasteiger partial charge is 0.315 e. The number of hydrogen-bond donors (Lipinski definition) is 3. The van der Waals surface area contributed by atoms with Crippen molar-refractivity contribution in [2.45, 2.75) is 39.7 Å². The van der Waals surface area contributed by atoms with E-state index in [1.54, 1.807) is 11.3 Å². The van der Waals surface area contributed by atoms with E-state index in [0.717, 1.165) is 24.1 Å². The van der Waals surface area contributed by atoms with Gasteiger partial charge >= 0.3 is 12.0 Å². The van der Waals surface area contributed by atoms with Gasteiger partial charge in [-0.15, -0.1) is 11.3 Å². The van der Waals surface area contributed by atoms with Gasteiger partial charge in [-0.25, -0.2) is 4.79 Å². The van der Waals surface area contributed by atoms with Gasteiger partial charge in [0.15, 0.2) is 0 Å². The molecule has 0 saturated heterocycles. The van der Waals surface area contributed by atoms with Gasteiger partial charge in [-0.2, -0.15) is 0 Å². The summed E-state index contributed by atoms with van der Waals surface area (Å²) in [7, 11) is 0. The molecule has 3 N–H and O–H groups in total. The van der Waals surface area contributed by atoms with Crippen LogP contribution in [0.5, 0.6) is 0 Å². The Balaban J connectivity index is 1.73. The third-order valence-corrected chi connectivity index (χ3v) is 5.29. The van der Waals surface area contributed by atoms with Gasteiger partial charge in [-0.3, -0.25) is 4.79 Å². The highest BCUT2D eigenvalue weighted by Crippen LogP contribution is 2.31. The van der Waals surface area contributed by atoms with E-state index in [2.05, 4.69) is 30.5 Å². The van der Waals surface area contributed by atoms with Gasteiger partial charge in [0, 0.05) is 16.3 Å². The summed E-state index contributed by atoms with van der Waals surface area (Å²) < 4.78 is 0. The summed E-state index contributed by atoms with van der Waals surface area (Å²) in [6.45, 7) is 5.07. The van der Waals surface area contributed by atoms with Crippen LogP contribution in [0.3, 0.4) is 0 Å². The predicted molar refractivity (Wildman–Crippen MR) is 82.5 cm³/mol. The molecule has 1 aromatic heterocycles. The molecular weight excluding hydrogens is 288 g/mol. The van der Waals surface area contributed by atoms with Gasteiger partial charge in [0.25, 0.3) is 0 Å². The Kier molecular flexibility index (Phi) is 5.22. The zero-order chi connectivity index (χ0) is 15.4. The molecule has 2 atom stereocenters. The zero-order valence-electron chi connectivity index (χ0n) is 12.4. The first-order valence-corrected chi connectivity index (χ1v) is 8.09. The molecule has 1 saturated carbocycles. The lowest BCUT2D eigenvalue weighted by atomic mass is 9.96. The number of urea groups is 1. The Labute approximate surface area is 128 Å². The van der Waals surface area contributed by atoms with Crippen molar-refractivity contribution in [1.82, 2.24) is 10.6 Å². The molecule has 0 aliphatic heterocycles. The number of carboxylic acids is 1. The zero-order valence-corrected chi connectivity index (χ0v) is 13.3. The first-order valence-electron chi connectivity index (χ1n) is 7.27. The normalized spacial score (nSPS) is 21.2. The van der Waals surface area contributed by atoms with Gasteiger partial charge in [0.1, 0.15) is 0 Å². The van der Waals surface area contributed by atoms with Crippen LogP contribution in [0.15, 0.2) is 6.07 Å². The minimum atomic E-state index is -0.746. The Morgan fingerprint density at radius 1 is 1.33 bits per heavy atom. The van der Waals surface area contributed by atoms with Gasteiger partial charge in [-0.05, 0) is 44.2 Å². The van der Waals surface area contributed by atoms with Crippen LogP contribution in [0.1, 0.15) is 34.6 Å². The number of carbonyl (C=O) groups excluding carboxylic acids is 1. The second kappa shape index (κ2) is 6.93. The summed E-state index contributed by atoms with van der Waals surface area (Å²) >= 11 is 1.68. The molecule has 2 amide bonds. The van der Waals surface area contributed by atoms with Gasteiger partial charge < -0.3 is 15.7 Å².